The van der Waals surface area contributed by atoms with Crippen LogP contribution in [0.15, 0.2) is 48.8 Å². The zero-order valence-corrected chi connectivity index (χ0v) is 28.1. The highest BCUT2D eigenvalue weighted by Crippen LogP contribution is 2.47. The van der Waals surface area contributed by atoms with E-state index in [0.29, 0.717) is 32.3 Å². The number of hydrogen-bond donors (Lipinski definition) is 0. The van der Waals surface area contributed by atoms with Crippen LogP contribution in [-0.4, -0.2) is 109 Å². The first-order valence-electron chi connectivity index (χ1n) is 17.2. The van der Waals surface area contributed by atoms with Crippen LogP contribution in [0.3, 0.4) is 0 Å². The van der Waals surface area contributed by atoms with E-state index in [2.05, 4.69) is 82.6 Å². The van der Waals surface area contributed by atoms with Gasteiger partial charge < -0.3 is 29.2 Å². The van der Waals surface area contributed by atoms with Gasteiger partial charge in [-0.3, -0.25) is 4.79 Å². The molecule has 10 nitrogen and oxygen atoms in total. The lowest BCUT2D eigenvalue weighted by Crippen LogP contribution is -2.55. The number of aryl methyl sites for hydroxylation is 1. The van der Waals surface area contributed by atoms with Crippen molar-refractivity contribution in [2.45, 2.75) is 45.2 Å². The Hall–Kier alpha value is -4.27. The fourth-order valence-corrected chi connectivity index (χ4v) is 7.66. The van der Waals surface area contributed by atoms with Crippen molar-refractivity contribution in [2.24, 2.45) is 5.41 Å². The summed E-state index contributed by atoms with van der Waals surface area (Å²) in [6.45, 7) is 13.8. The monoisotopic (exact) mass is 652 g/mol. The van der Waals surface area contributed by atoms with E-state index in [9.17, 15) is 14.4 Å². The number of likely N-dealkylation sites (N-methyl/N-ethyl adjacent to an activating group) is 1. The average molecular weight is 653 g/mol. The molecule has 2 saturated heterocycles. The molecule has 252 valence electrons. The Morgan fingerprint density at radius 1 is 1.06 bits per heavy atom. The van der Waals surface area contributed by atoms with E-state index in [0.717, 1.165) is 75.6 Å². The Balaban J connectivity index is 1.18. The fourth-order valence-electron chi connectivity index (χ4n) is 7.66. The highest BCUT2D eigenvalue weighted by atomic mass is 19.1. The lowest BCUT2D eigenvalue weighted by molar-refractivity contribution is -0.131. The molecule has 1 aromatic heterocycles. The zero-order chi connectivity index (χ0) is 33.4. The molecule has 4 aliphatic rings. The van der Waals surface area contributed by atoms with Crippen LogP contribution in [0.25, 0.3) is 10.8 Å². The van der Waals surface area contributed by atoms with Crippen molar-refractivity contribution in [1.29, 1.82) is 5.26 Å². The second-order valence-electron chi connectivity index (χ2n) is 14.1. The van der Waals surface area contributed by atoms with Crippen molar-refractivity contribution in [2.75, 3.05) is 82.4 Å². The van der Waals surface area contributed by atoms with Crippen LogP contribution in [-0.2, 0) is 17.8 Å². The normalized spacial score (nSPS) is 21.1. The van der Waals surface area contributed by atoms with Crippen LogP contribution in [0.2, 0.25) is 0 Å². The van der Waals surface area contributed by atoms with Crippen molar-refractivity contribution in [3.05, 3.63) is 65.6 Å². The van der Waals surface area contributed by atoms with Crippen LogP contribution in [0.1, 0.15) is 36.1 Å². The maximum atomic E-state index is 13.9. The number of carbonyl (C=O) groups excluding carboxylic acids is 1. The number of halogens is 1. The molecule has 11 heteroatoms. The number of piperazine rings is 2. The van der Waals surface area contributed by atoms with Gasteiger partial charge in [0.25, 0.3) is 5.91 Å². The smallest absolute Gasteiger partial charge is 0.318 e. The number of hydrogen-bond acceptors (Lipinski definition) is 9. The summed E-state index contributed by atoms with van der Waals surface area (Å²) < 4.78 is 20.4. The van der Waals surface area contributed by atoms with Crippen LogP contribution < -0.4 is 14.5 Å². The molecule has 3 fully saturated rings. The van der Waals surface area contributed by atoms with Gasteiger partial charge in [-0.1, -0.05) is 36.9 Å². The second-order valence-corrected chi connectivity index (χ2v) is 14.1. The summed E-state index contributed by atoms with van der Waals surface area (Å²) in [6.07, 6.45) is 3.10. The van der Waals surface area contributed by atoms with Gasteiger partial charge in [0.1, 0.15) is 5.82 Å². The summed E-state index contributed by atoms with van der Waals surface area (Å²) in [5.74, 6) is -0.961. The van der Waals surface area contributed by atoms with Crippen LogP contribution in [0, 0.1) is 23.7 Å². The lowest BCUT2D eigenvalue weighted by Gasteiger charge is -2.42. The molecule has 0 radical (unpaired) electrons. The maximum absolute atomic E-state index is 13.9. The third kappa shape index (κ3) is 6.56. The van der Waals surface area contributed by atoms with Crippen molar-refractivity contribution in [1.82, 2.24) is 24.7 Å². The molecule has 1 unspecified atom stereocenters. The Kier molecular flexibility index (Phi) is 8.96. The molecule has 1 atom stereocenters. The molecule has 3 aliphatic heterocycles. The molecule has 48 heavy (non-hydrogen) atoms. The number of anilines is 2. The van der Waals surface area contributed by atoms with Gasteiger partial charge in [0.2, 0.25) is 0 Å². The van der Waals surface area contributed by atoms with Gasteiger partial charge in [-0.05, 0) is 50.2 Å². The number of ether oxygens (including phenoxy) is 1. The quantitative estimate of drug-likeness (QED) is 0.314. The standard InChI is InChI=1S/C37H45FN8O2/c1-26-6-4-7-28-8-5-9-32(33(26)28)44-15-11-30-31(23-44)40-36(48-25-37(12-13-37)24-43-18-16-42(3)17-19-43)41-34(30)45-20-21-46(35(47)27(2)38)29(22-45)10-14-39/h4-9,29H,2,10-13,15-25H2,1,3H3. The third-order valence-electron chi connectivity index (χ3n) is 10.7. The molecule has 1 amide bonds. The molecule has 2 aromatic carbocycles. The molecule has 0 N–H and O–H groups in total. The van der Waals surface area contributed by atoms with E-state index in [1.807, 2.05) is 0 Å². The van der Waals surface area contributed by atoms with Crippen molar-refractivity contribution < 1.29 is 13.9 Å². The van der Waals surface area contributed by atoms with E-state index < -0.39 is 17.8 Å². The fraction of sp³-hybridized carbons (Fsp3) is 0.514. The first-order chi connectivity index (χ1) is 23.2. The summed E-state index contributed by atoms with van der Waals surface area (Å²) in [5, 5.41) is 12.1. The molecular formula is C37H45FN8O2. The third-order valence-corrected chi connectivity index (χ3v) is 10.7. The lowest BCUT2D eigenvalue weighted by atomic mass is 9.99. The number of rotatable bonds is 9. The topological polar surface area (TPSA) is 92.1 Å². The summed E-state index contributed by atoms with van der Waals surface area (Å²) in [4.78, 5) is 33.6. The number of carbonyl (C=O) groups is 1. The van der Waals surface area contributed by atoms with Gasteiger partial charge in [-0.15, -0.1) is 0 Å². The molecular weight excluding hydrogens is 607 g/mol. The van der Waals surface area contributed by atoms with Crippen LogP contribution >= 0.6 is 0 Å². The van der Waals surface area contributed by atoms with E-state index in [-0.39, 0.29) is 18.4 Å². The van der Waals surface area contributed by atoms with Gasteiger partial charge in [-0.2, -0.15) is 15.2 Å². The van der Waals surface area contributed by atoms with Crippen molar-refractivity contribution >= 4 is 28.2 Å². The number of nitrogens with zero attached hydrogens (tertiary/aromatic N) is 8. The van der Waals surface area contributed by atoms with E-state index in [4.69, 9.17) is 14.7 Å². The summed E-state index contributed by atoms with van der Waals surface area (Å²) in [6, 6.07) is 15.0. The minimum atomic E-state index is -1.00. The maximum Gasteiger partial charge on any atom is 0.318 e. The predicted molar refractivity (Wildman–Crippen MR) is 185 cm³/mol. The van der Waals surface area contributed by atoms with Gasteiger partial charge in [0.05, 0.1) is 37.4 Å². The molecule has 1 saturated carbocycles. The number of fused-ring (bicyclic) bond motifs is 2. The van der Waals surface area contributed by atoms with E-state index in [1.165, 1.54) is 26.9 Å². The van der Waals surface area contributed by atoms with Gasteiger partial charge in [0, 0.05) is 81.0 Å². The SMILES string of the molecule is C=C(F)C(=O)N1CCN(c2nc(OCC3(CN4CCN(C)CC4)CC3)nc3c2CCN(c2cccc4cccc(C)c24)C3)CC1CC#N. The zero-order valence-electron chi connectivity index (χ0n) is 28.1. The molecule has 7 rings (SSSR count). The molecule has 1 aliphatic carbocycles. The number of benzene rings is 2. The minimum Gasteiger partial charge on any atom is -0.463 e. The van der Waals surface area contributed by atoms with Gasteiger partial charge in [0.15, 0.2) is 5.83 Å². The van der Waals surface area contributed by atoms with E-state index >= 15 is 0 Å². The van der Waals surface area contributed by atoms with Gasteiger partial charge in [-0.25, -0.2) is 4.39 Å². The summed E-state index contributed by atoms with van der Waals surface area (Å²) in [7, 11) is 2.18. The van der Waals surface area contributed by atoms with Crippen LogP contribution in [0.4, 0.5) is 15.9 Å². The molecule has 3 aromatic rings. The van der Waals surface area contributed by atoms with Crippen LogP contribution in [0.5, 0.6) is 6.01 Å². The highest BCUT2D eigenvalue weighted by Gasteiger charge is 2.45. The summed E-state index contributed by atoms with van der Waals surface area (Å²) >= 11 is 0. The predicted octanol–water partition coefficient (Wildman–Crippen LogP) is 4.32. The summed E-state index contributed by atoms with van der Waals surface area (Å²) in [5.41, 5.74) is 4.56. The Labute approximate surface area is 282 Å². The molecule has 4 heterocycles. The van der Waals surface area contributed by atoms with Crippen molar-refractivity contribution in [3.8, 4) is 12.1 Å². The number of aromatic nitrogens is 2. The first-order valence-corrected chi connectivity index (χ1v) is 17.2. The van der Waals surface area contributed by atoms with Gasteiger partial charge >= 0.3 is 6.01 Å². The number of amides is 1. The minimum absolute atomic E-state index is 0.0924. The Morgan fingerprint density at radius 3 is 2.56 bits per heavy atom. The average Bonchev–Trinajstić information content (AvgIpc) is 3.86. The highest BCUT2D eigenvalue weighted by molar-refractivity contribution is 5.97. The van der Waals surface area contributed by atoms with E-state index in [1.54, 1.807) is 0 Å². The van der Waals surface area contributed by atoms with Crippen molar-refractivity contribution in [3.63, 3.8) is 0 Å². The number of nitriles is 1. The Morgan fingerprint density at radius 2 is 1.83 bits per heavy atom. The largest absolute Gasteiger partial charge is 0.463 e. The first kappa shape index (κ1) is 32.3. The second kappa shape index (κ2) is 13.3. The molecule has 0 bridgehead atoms. The molecule has 0 spiro atoms. The Bertz CT molecular complexity index is 1740.